The highest BCUT2D eigenvalue weighted by atomic mass is 35.5. The summed E-state index contributed by atoms with van der Waals surface area (Å²) in [6.45, 7) is 2.10. The van der Waals surface area contributed by atoms with Crippen LogP contribution in [-0.4, -0.2) is 32.1 Å². The molecule has 0 spiro atoms. The molecule has 0 radical (unpaired) electrons. The fourth-order valence-corrected chi connectivity index (χ4v) is 3.77. The van der Waals surface area contributed by atoms with Gasteiger partial charge in [-0.15, -0.1) is 0 Å². The van der Waals surface area contributed by atoms with Crippen LogP contribution in [0.1, 0.15) is 30.9 Å². The lowest BCUT2D eigenvalue weighted by Gasteiger charge is -2.34. The van der Waals surface area contributed by atoms with Gasteiger partial charge in [-0.3, -0.25) is 4.90 Å². The quantitative estimate of drug-likeness (QED) is 0.908. The molecule has 1 saturated heterocycles. The molecule has 1 fully saturated rings. The third-order valence-corrected chi connectivity index (χ3v) is 4.68. The van der Waals surface area contributed by atoms with Crippen LogP contribution in [0.25, 0.3) is 0 Å². The molecule has 1 heterocycles. The smallest absolute Gasteiger partial charge is 0.0468 e. The Morgan fingerprint density at radius 3 is 2.58 bits per heavy atom. The van der Waals surface area contributed by atoms with E-state index < -0.39 is 0 Å². The van der Waals surface area contributed by atoms with Crippen LogP contribution >= 0.6 is 23.2 Å². The van der Waals surface area contributed by atoms with Crippen molar-refractivity contribution < 1.29 is 0 Å². The van der Waals surface area contributed by atoms with Crippen molar-refractivity contribution in [2.45, 2.75) is 25.3 Å². The molecule has 19 heavy (non-hydrogen) atoms. The van der Waals surface area contributed by atoms with Crippen molar-refractivity contribution in [2.75, 3.05) is 27.2 Å². The van der Waals surface area contributed by atoms with Gasteiger partial charge in [-0.2, -0.15) is 0 Å². The Balaban J connectivity index is 2.40. The fourth-order valence-electron chi connectivity index (χ4n) is 3.15. The lowest BCUT2D eigenvalue weighted by molar-refractivity contribution is 0.191. The van der Waals surface area contributed by atoms with E-state index in [2.05, 4.69) is 17.3 Å². The van der Waals surface area contributed by atoms with Crippen LogP contribution in [0.15, 0.2) is 18.2 Å². The predicted octanol–water partition coefficient (Wildman–Crippen LogP) is 3.99. The highest BCUT2D eigenvalue weighted by Gasteiger charge is 2.31. The summed E-state index contributed by atoms with van der Waals surface area (Å²) in [6, 6.07) is 6.10. The zero-order valence-electron chi connectivity index (χ0n) is 11.6. The zero-order chi connectivity index (χ0) is 13.8. The molecule has 106 valence electrons. The minimum Gasteiger partial charge on any atom is -0.319 e. The first-order valence-electron chi connectivity index (χ1n) is 6.94. The zero-order valence-corrected chi connectivity index (χ0v) is 13.1. The van der Waals surface area contributed by atoms with Gasteiger partial charge in [-0.05, 0) is 58.1 Å². The highest BCUT2D eigenvalue weighted by Crippen LogP contribution is 2.40. The maximum absolute atomic E-state index is 6.42. The van der Waals surface area contributed by atoms with E-state index in [0.717, 1.165) is 28.7 Å². The number of nitrogens with zero attached hydrogens (tertiary/aromatic N) is 1. The molecule has 1 aromatic rings. The number of likely N-dealkylation sites (tertiary alicyclic amines) is 1. The van der Waals surface area contributed by atoms with E-state index in [4.69, 9.17) is 23.2 Å². The molecule has 2 unspecified atom stereocenters. The van der Waals surface area contributed by atoms with E-state index in [9.17, 15) is 0 Å². The SMILES string of the molecule is CNCC1CCCCN(C)C1c1c(Cl)cccc1Cl. The first-order chi connectivity index (χ1) is 9.15. The summed E-state index contributed by atoms with van der Waals surface area (Å²) in [6.07, 6.45) is 3.74. The Morgan fingerprint density at radius 2 is 1.95 bits per heavy atom. The van der Waals surface area contributed by atoms with E-state index in [1.165, 1.54) is 19.3 Å². The number of nitrogens with one attached hydrogen (secondary N) is 1. The molecule has 1 aliphatic heterocycles. The Bertz CT molecular complexity index is 402. The fraction of sp³-hybridized carbons (Fsp3) is 0.600. The summed E-state index contributed by atoms with van der Waals surface area (Å²) in [5, 5.41) is 4.88. The van der Waals surface area contributed by atoms with E-state index in [1.807, 2.05) is 25.2 Å². The van der Waals surface area contributed by atoms with Crippen molar-refractivity contribution in [3.63, 3.8) is 0 Å². The topological polar surface area (TPSA) is 15.3 Å². The average molecular weight is 301 g/mol. The van der Waals surface area contributed by atoms with Crippen molar-refractivity contribution in [3.8, 4) is 0 Å². The van der Waals surface area contributed by atoms with Gasteiger partial charge in [0.25, 0.3) is 0 Å². The lowest BCUT2D eigenvalue weighted by Crippen LogP contribution is -2.34. The third kappa shape index (κ3) is 3.43. The third-order valence-electron chi connectivity index (χ3n) is 4.02. The number of rotatable bonds is 3. The van der Waals surface area contributed by atoms with Crippen molar-refractivity contribution in [1.29, 1.82) is 0 Å². The molecule has 2 rings (SSSR count). The minimum atomic E-state index is 0.302. The molecular formula is C15H22Cl2N2. The number of hydrogen-bond acceptors (Lipinski definition) is 2. The lowest BCUT2D eigenvalue weighted by atomic mass is 9.89. The monoisotopic (exact) mass is 300 g/mol. The normalized spacial score (nSPS) is 25.3. The minimum absolute atomic E-state index is 0.302. The molecule has 0 bridgehead atoms. The van der Waals surface area contributed by atoms with Crippen molar-refractivity contribution >= 4 is 23.2 Å². The standard InChI is InChI=1S/C15H22Cl2N2/c1-18-10-11-6-3-4-9-19(2)15(11)14-12(16)7-5-8-13(14)17/h5,7-8,11,15,18H,3-4,6,9-10H2,1-2H3. The van der Waals surface area contributed by atoms with Gasteiger partial charge in [0.2, 0.25) is 0 Å². The number of halogens is 2. The second-order valence-electron chi connectivity index (χ2n) is 5.37. The van der Waals surface area contributed by atoms with E-state index in [0.29, 0.717) is 12.0 Å². The molecule has 1 aliphatic rings. The van der Waals surface area contributed by atoms with Crippen LogP contribution in [0.3, 0.4) is 0 Å². The maximum Gasteiger partial charge on any atom is 0.0468 e. The summed E-state index contributed by atoms with van der Waals surface area (Å²) < 4.78 is 0. The van der Waals surface area contributed by atoms with Crippen LogP contribution in [0.2, 0.25) is 10.0 Å². The van der Waals surface area contributed by atoms with Crippen molar-refractivity contribution in [2.24, 2.45) is 5.92 Å². The van der Waals surface area contributed by atoms with E-state index in [-0.39, 0.29) is 0 Å². The molecule has 0 amide bonds. The van der Waals surface area contributed by atoms with E-state index >= 15 is 0 Å². The second kappa shape index (κ2) is 6.94. The summed E-state index contributed by atoms with van der Waals surface area (Å²) in [7, 11) is 4.19. The first-order valence-corrected chi connectivity index (χ1v) is 7.69. The molecule has 1 N–H and O–H groups in total. The molecule has 0 saturated carbocycles. The van der Waals surface area contributed by atoms with Gasteiger partial charge in [0.15, 0.2) is 0 Å². The molecule has 2 nitrogen and oxygen atoms in total. The first kappa shape index (κ1) is 15.1. The average Bonchev–Trinajstić information content (AvgIpc) is 2.54. The van der Waals surface area contributed by atoms with Gasteiger partial charge in [0.05, 0.1) is 0 Å². The molecule has 4 heteroatoms. The molecule has 1 aromatic carbocycles. The molecule has 0 aliphatic carbocycles. The van der Waals surface area contributed by atoms with Gasteiger partial charge in [0.1, 0.15) is 0 Å². The van der Waals surface area contributed by atoms with E-state index in [1.54, 1.807) is 0 Å². The van der Waals surface area contributed by atoms with Gasteiger partial charge >= 0.3 is 0 Å². The summed E-state index contributed by atoms with van der Waals surface area (Å²) in [5.41, 5.74) is 1.09. The van der Waals surface area contributed by atoms with Crippen LogP contribution < -0.4 is 5.32 Å². The Hall–Kier alpha value is -0.280. The summed E-state index contributed by atoms with van der Waals surface area (Å²) in [4.78, 5) is 2.40. The van der Waals surface area contributed by atoms with Gasteiger partial charge in [-0.1, -0.05) is 35.7 Å². The molecule has 2 atom stereocenters. The van der Waals surface area contributed by atoms with Gasteiger partial charge in [-0.25, -0.2) is 0 Å². The Labute approximate surface area is 126 Å². The van der Waals surface area contributed by atoms with Crippen LogP contribution in [0, 0.1) is 5.92 Å². The Kier molecular flexibility index (Phi) is 5.52. The van der Waals surface area contributed by atoms with Crippen molar-refractivity contribution in [1.82, 2.24) is 10.2 Å². The largest absolute Gasteiger partial charge is 0.319 e. The molecule has 0 aromatic heterocycles. The van der Waals surface area contributed by atoms with Crippen LogP contribution in [0.5, 0.6) is 0 Å². The second-order valence-corrected chi connectivity index (χ2v) is 6.19. The Morgan fingerprint density at radius 1 is 1.26 bits per heavy atom. The highest BCUT2D eigenvalue weighted by molar-refractivity contribution is 6.36. The van der Waals surface area contributed by atoms with Gasteiger partial charge in [0, 0.05) is 21.7 Å². The summed E-state index contributed by atoms with van der Waals surface area (Å²) >= 11 is 12.8. The molecular weight excluding hydrogens is 279 g/mol. The van der Waals surface area contributed by atoms with Crippen molar-refractivity contribution in [3.05, 3.63) is 33.8 Å². The summed E-state index contributed by atoms with van der Waals surface area (Å²) in [5.74, 6) is 0.551. The maximum atomic E-state index is 6.42. The van der Waals surface area contributed by atoms with Crippen LogP contribution in [-0.2, 0) is 0 Å². The number of hydrogen-bond donors (Lipinski definition) is 1. The predicted molar refractivity (Wildman–Crippen MR) is 83.1 cm³/mol. The van der Waals surface area contributed by atoms with Gasteiger partial charge < -0.3 is 5.32 Å². The number of benzene rings is 1. The van der Waals surface area contributed by atoms with Crippen LogP contribution in [0.4, 0.5) is 0 Å².